The molecule has 23 heavy (non-hydrogen) atoms. The van der Waals surface area contributed by atoms with Gasteiger partial charge in [-0.1, -0.05) is 54.1 Å². The minimum absolute atomic E-state index is 0.0190. The highest BCUT2D eigenvalue weighted by molar-refractivity contribution is 6.07. The van der Waals surface area contributed by atoms with Gasteiger partial charge in [0.15, 0.2) is 5.78 Å². The second-order valence-electron chi connectivity index (χ2n) is 5.61. The summed E-state index contributed by atoms with van der Waals surface area (Å²) in [6.07, 6.45) is 7.47. The van der Waals surface area contributed by atoms with Gasteiger partial charge >= 0.3 is 0 Å². The molecular weight excluding hydrogens is 282 g/mol. The van der Waals surface area contributed by atoms with Crippen LogP contribution >= 0.6 is 0 Å². The van der Waals surface area contributed by atoms with Crippen molar-refractivity contribution in [3.63, 3.8) is 0 Å². The molecule has 0 bridgehead atoms. The monoisotopic (exact) mass is 301 g/mol. The quantitative estimate of drug-likeness (QED) is 0.368. The highest BCUT2D eigenvalue weighted by Gasteiger charge is 2.06. The Morgan fingerprint density at radius 3 is 2.61 bits per heavy atom. The lowest BCUT2D eigenvalue weighted by Crippen LogP contribution is -1.93. The number of ketones is 1. The van der Waals surface area contributed by atoms with Crippen molar-refractivity contribution in [2.75, 3.05) is 0 Å². The summed E-state index contributed by atoms with van der Waals surface area (Å²) >= 11 is 0. The molecule has 0 unspecified atom stereocenters. The smallest absolute Gasteiger partial charge is 0.185 e. The maximum atomic E-state index is 12.3. The lowest BCUT2D eigenvalue weighted by molar-refractivity contribution is 0.104. The molecule has 2 aromatic carbocycles. The molecule has 0 fully saturated rings. The summed E-state index contributed by atoms with van der Waals surface area (Å²) in [7, 11) is 0. The summed E-state index contributed by atoms with van der Waals surface area (Å²) in [4.78, 5) is 12.3. The number of fused-ring (bicyclic) bond motifs is 1. The Kier molecular flexibility index (Phi) is 4.24. The number of aryl methyl sites for hydroxylation is 1. The van der Waals surface area contributed by atoms with Crippen molar-refractivity contribution in [2.45, 2.75) is 13.5 Å². The van der Waals surface area contributed by atoms with Crippen LogP contribution in [0, 0.1) is 6.92 Å². The molecule has 1 aromatic heterocycles. The van der Waals surface area contributed by atoms with Crippen LogP contribution in [0.5, 0.6) is 0 Å². The number of hydrogen-bond acceptors (Lipinski definition) is 1. The van der Waals surface area contributed by atoms with Crippen molar-refractivity contribution in [1.29, 1.82) is 0 Å². The second kappa shape index (κ2) is 6.49. The number of carbonyl (C=O) groups excluding carboxylic acids is 1. The molecular formula is C21H19NO. The van der Waals surface area contributed by atoms with Crippen molar-refractivity contribution in [2.24, 2.45) is 0 Å². The fraction of sp³-hybridized carbons (Fsp3) is 0.0952. The Hall–Kier alpha value is -2.87. The van der Waals surface area contributed by atoms with Gasteiger partial charge < -0.3 is 4.57 Å². The van der Waals surface area contributed by atoms with Gasteiger partial charge in [0.25, 0.3) is 0 Å². The van der Waals surface area contributed by atoms with E-state index < -0.39 is 0 Å². The zero-order chi connectivity index (χ0) is 16.2. The number of para-hydroxylation sites is 1. The molecule has 2 nitrogen and oxygen atoms in total. The van der Waals surface area contributed by atoms with Gasteiger partial charge in [-0.05, 0) is 25.1 Å². The van der Waals surface area contributed by atoms with Crippen LogP contribution in [-0.4, -0.2) is 10.4 Å². The van der Waals surface area contributed by atoms with E-state index in [0.717, 1.165) is 28.6 Å². The highest BCUT2D eigenvalue weighted by atomic mass is 16.1. The van der Waals surface area contributed by atoms with Gasteiger partial charge in [-0.2, -0.15) is 0 Å². The topological polar surface area (TPSA) is 22.0 Å². The Labute approximate surface area is 136 Å². The first kappa shape index (κ1) is 15.0. The van der Waals surface area contributed by atoms with Crippen molar-refractivity contribution < 1.29 is 4.79 Å². The van der Waals surface area contributed by atoms with Crippen molar-refractivity contribution in [3.05, 3.63) is 90.1 Å². The SMILES string of the molecule is C=CCn1cc(/C=C/C(=O)c2ccc(C)cc2)c2ccccc21. The molecule has 0 aliphatic carbocycles. The fourth-order valence-electron chi connectivity index (χ4n) is 2.68. The predicted molar refractivity (Wildman–Crippen MR) is 96.7 cm³/mol. The van der Waals surface area contributed by atoms with Gasteiger partial charge in [0, 0.05) is 34.8 Å². The van der Waals surface area contributed by atoms with E-state index in [1.54, 1.807) is 6.08 Å². The molecule has 2 heteroatoms. The van der Waals surface area contributed by atoms with Crippen LogP contribution in [0.1, 0.15) is 21.5 Å². The van der Waals surface area contributed by atoms with E-state index in [1.807, 2.05) is 55.5 Å². The van der Waals surface area contributed by atoms with Gasteiger partial charge in [0.1, 0.15) is 0 Å². The molecule has 0 spiro atoms. The van der Waals surface area contributed by atoms with Crippen molar-refractivity contribution in [3.8, 4) is 0 Å². The standard InChI is InChI=1S/C21H19NO/c1-3-14-22-15-18(19-6-4-5-7-20(19)22)12-13-21(23)17-10-8-16(2)9-11-17/h3-13,15H,1,14H2,2H3/b13-12+. The number of hydrogen-bond donors (Lipinski definition) is 0. The Morgan fingerprint density at radius 2 is 1.87 bits per heavy atom. The van der Waals surface area contributed by atoms with Gasteiger partial charge in [0.2, 0.25) is 0 Å². The lowest BCUT2D eigenvalue weighted by Gasteiger charge is -1.98. The maximum Gasteiger partial charge on any atom is 0.185 e. The number of benzene rings is 2. The summed E-state index contributed by atoms with van der Waals surface area (Å²) in [6, 6.07) is 15.8. The first-order chi connectivity index (χ1) is 11.2. The summed E-state index contributed by atoms with van der Waals surface area (Å²) in [5, 5.41) is 1.14. The number of carbonyl (C=O) groups is 1. The molecule has 0 N–H and O–H groups in total. The van der Waals surface area contributed by atoms with Crippen LogP contribution in [0.3, 0.4) is 0 Å². The summed E-state index contributed by atoms with van der Waals surface area (Å²) in [5.74, 6) is 0.0190. The minimum Gasteiger partial charge on any atom is -0.343 e. The third-order valence-electron chi connectivity index (χ3n) is 3.90. The first-order valence-electron chi connectivity index (χ1n) is 7.67. The predicted octanol–water partition coefficient (Wildman–Crippen LogP) is 5.03. The van der Waals surface area contributed by atoms with Crippen LogP contribution in [0.2, 0.25) is 0 Å². The highest BCUT2D eigenvalue weighted by Crippen LogP contribution is 2.22. The number of rotatable bonds is 5. The molecule has 1 heterocycles. The third kappa shape index (κ3) is 3.16. The van der Waals surface area contributed by atoms with Gasteiger partial charge in [-0.3, -0.25) is 4.79 Å². The molecule has 0 amide bonds. The van der Waals surface area contributed by atoms with E-state index >= 15 is 0 Å². The van der Waals surface area contributed by atoms with Gasteiger partial charge in [-0.15, -0.1) is 6.58 Å². The molecule has 3 aromatic rings. The van der Waals surface area contributed by atoms with Crippen LogP contribution in [0.15, 0.2) is 73.5 Å². The van der Waals surface area contributed by atoms with Gasteiger partial charge in [0.05, 0.1) is 0 Å². The molecule has 0 aliphatic rings. The fourth-order valence-corrected chi connectivity index (χ4v) is 2.68. The van der Waals surface area contributed by atoms with Crippen LogP contribution in [-0.2, 0) is 6.54 Å². The average Bonchev–Trinajstić information content (AvgIpc) is 2.92. The molecule has 0 saturated carbocycles. The summed E-state index contributed by atoms with van der Waals surface area (Å²) < 4.78 is 2.14. The first-order valence-corrected chi connectivity index (χ1v) is 7.67. The molecule has 0 saturated heterocycles. The van der Waals surface area contributed by atoms with Crippen molar-refractivity contribution in [1.82, 2.24) is 4.57 Å². The normalized spacial score (nSPS) is 11.2. The van der Waals surface area contributed by atoms with E-state index in [4.69, 9.17) is 0 Å². The number of allylic oxidation sites excluding steroid dienone is 2. The third-order valence-corrected chi connectivity index (χ3v) is 3.90. The number of aromatic nitrogens is 1. The Balaban J connectivity index is 1.93. The molecule has 114 valence electrons. The number of nitrogens with zero attached hydrogens (tertiary/aromatic N) is 1. The van der Waals surface area contributed by atoms with Crippen LogP contribution in [0.4, 0.5) is 0 Å². The molecule has 3 rings (SSSR count). The maximum absolute atomic E-state index is 12.3. The molecule has 0 atom stereocenters. The molecule has 0 aliphatic heterocycles. The summed E-state index contributed by atoms with van der Waals surface area (Å²) in [6.45, 7) is 6.56. The minimum atomic E-state index is 0.0190. The van der Waals surface area contributed by atoms with E-state index in [1.165, 1.54) is 0 Å². The largest absolute Gasteiger partial charge is 0.343 e. The molecule has 0 radical (unpaired) electrons. The van der Waals surface area contributed by atoms with Crippen LogP contribution < -0.4 is 0 Å². The van der Waals surface area contributed by atoms with Gasteiger partial charge in [-0.25, -0.2) is 0 Å². The van der Waals surface area contributed by atoms with E-state index in [2.05, 4.69) is 29.5 Å². The Bertz CT molecular complexity index is 882. The van der Waals surface area contributed by atoms with E-state index in [-0.39, 0.29) is 5.78 Å². The Morgan fingerprint density at radius 1 is 1.13 bits per heavy atom. The van der Waals surface area contributed by atoms with Crippen molar-refractivity contribution >= 4 is 22.8 Å². The average molecular weight is 301 g/mol. The van der Waals surface area contributed by atoms with E-state index in [0.29, 0.717) is 5.56 Å². The lowest BCUT2D eigenvalue weighted by atomic mass is 10.1. The summed E-state index contributed by atoms with van der Waals surface area (Å²) in [5.41, 5.74) is 4.05. The second-order valence-corrected chi connectivity index (χ2v) is 5.61. The zero-order valence-corrected chi connectivity index (χ0v) is 13.2. The zero-order valence-electron chi connectivity index (χ0n) is 13.2. The van der Waals surface area contributed by atoms with E-state index in [9.17, 15) is 4.79 Å². The van der Waals surface area contributed by atoms with Crippen LogP contribution in [0.25, 0.3) is 17.0 Å².